The summed E-state index contributed by atoms with van der Waals surface area (Å²) in [7, 11) is 0. The number of carbonyl (C=O) groups excluding carboxylic acids is 1. The molecule has 0 heterocycles. The summed E-state index contributed by atoms with van der Waals surface area (Å²) < 4.78 is 0. The Hall–Kier alpha value is -1.74. The molecule has 0 unspecified atom stereocenters. The maximum absolute atomic E-state index is 12.2. The van der Waals surface area contributed by atoms with Crippen LogP contribution in [-0.2, 0) is 6.54 Å². The van der Waals surface area contributed by atoms with Crippen molar-refractivity contribution in [2.45, 2.75) is 18.4 Å². The molecule has 0 aliphatic heterocycles. The van der Waals surface area contributed by atoms with Crippen molar-refractivity contribution in [2.24, 2.45) is 0 Å². The SMILES string of the molecule is CSc1ccccc1C(=O)NCc1cccc(C)c1. The number of benzene rings is 2. The topological polar surface area (TPSA) is 29.1 Å². The van der Waals surface area contributed by atoms with Crippen molar-refractivity contribution < 1.29 is 4.79 Å². The van der Waals surface area contributed by atoms with E-state index in [-0.39, 0.29) is 5.91 Å². The van der Waals surface area contributed by atoms with Crippen LogP contribution in [0.3, 0.4) is 0 Å². The molecule has 0 fully saturated rings. The Morgan fingerprint density at radius 2 is 1.95 bits per heavy atom. The van der Waals surface area contributed by atoms with Gasteiger partial charge in [0.05, 0.1) is 5.56 Å². The van der Waals surface area contributed by atoms with Crippen molar-refractivity contribution in [3.05, 3.63) is 65.2 Å². The van der Waals surface area contributed by atoms with Crippen LogP contribution >= 0.6 is 11.8 Å². The third-order valence-corrected chi connectivity index (χ3v) is 3.68. The first-order valence-corrected chi connectivity index (χ1v) is 7.40. The van der Waals surface area contributed by atoms with E-state index in [1.165, 1.54) is 5.56 Å². The van der Waals surface area contributed by atoms with Gasteiger partial charge in [-0.2, -0.15) is 0 Å². The molecule has 0 spiro atoms. The molecule has 1 amide bonds. The van der Waals surface area contributed by atoms with E-state index >= 15 is 0 Å². The van der Waals surface area contributed by atoms with Gasteiger partial charge < -0.3 is 5.32 Å². The highest BCUT2D eigenvalue weighted by atomic mass is 32.2. The van der Waals surface area contributed by atoms with Crippen LogP contribution in [0, 0.1) is 6.92 Å². The van der Waals surface area contributed by atoms with E-state index < -0.39 is 0 Å². The van der Waals surface area contributed by atoms with Gasteiger partial charge in [0.25, 0.3) is 5.91 Å². The van der Waals surface area contributed by atoms with E-state index in [0.29, 0.717) is 6.54 Å². The molecule has 2 aromatic carbocycles. The van der Waals surface area contributed by atoms with Crippen LogP contribution in [-0.4, -0.2) is 12.2 Å². The van der Waals surface area contributed by atoms with Gasteiger partial charge in [-0.3, -0.25) is 4.79 Å². The van der Waals surface area contributed by atoms with Crippen molar-refractivity contribution >= 4 is 17.7 Å². The van der Waals surface area contributed by atoms with Gasteiger partial charge in [0.1, 0.15) is 0 Å². The molecule has 98 valence electrons. The minimum atomic E-state index is -0.0218. The third kappa shape index (κ3) is 3.61. The van der Waals surface area contributed by atoms with Gasteiger partial charge in [-0.1, -0.05) is 42.0 Å². The summed E-state index contributed by atoms with van der Waals surface area (Å²) in [5.41, 5.74) is 3.06. The quantitative estimate of drug-likeness (QED) is 0.860. The zero-order valence-corrected chi connectivity index (χ0v) is 12.0. The van der Waals surface area contributed by atoms with Crippen molar-refractivity contribution in [2.75, 3.05) is 6.26 Å². The van der Waals surface area contributed by atoms with Gasteiger partial charge in [0.15, 0.2) is 0 Å². The Kier molecular flexibility index (Phi) is 4.63. The van der Waals surface area contributed by atoms with Gasteiger partial charge in [0, 0.05) is 11.4 Å². The number of amides is 1. The highest BCUT2D eigenvalue weighted by Crippen LogP contribution is 2.19. The highest BCUT2D eigenvalue weighted by molar-refractivity contribution is 7.98. The molecule has 0 saturated heterocycles. The van der Waals surface area contributed by atoms with Crippen LogP contribution in [0.5, 0.6) is 0 Å². The molecule has 0 saturated carbocycles. The Labute approximate surface area is 118 Å². The maximum atomic E-state index is 12.2. The van der Waals surface area contributed by atoms with Crippen LogP contribution in [0.2, 0.25) is 0 Å². The standard InChI is InChI=1S/C16H17NOS/c1-12-6-5-7-13(10-12)11-17-16(18)14-8-3-4-9-15(14)19-2/h3-10H,11H2,1-2H3,(H,17,18). The monoisotopic (exact) mass is 271 g/mol. The van der Waals surface area contributed by atoms with E-state index in [1.807, 2.05) is 55.6 Å². The molecule has 0 aromatic heterocycles. The summed E-state index contributed by atoms with van der Waals surface area (Å²) in [5, 5.41) is 2.96. The summed E-state index contributed by atoms with van der Waals surface area (Å²) in [6.07, 6.45) is 1.98. The molecule has 2 aromatic rings. The fourth-order valence-electron chi connectivity index (χ4n) is 1.93. The van der Waals surface area contributed by atoms with Crippen LogP contribution in [0.15, 0.2) is 53.4 Å². The molecule has 2 nitrogen and oxygen atoms in total. The Morgan fingerprint density at radius 3 is 2.68 bits per heavy atom. The minimum Gasteiger partial charge on any atom is -0.348 e. The molecule has 3 heteroatoms. The Morgan fingerprint density at radius 1 is 1.16 bits per heavy atom. The second-order valence-electron chi connectivity index (χ2n) is 4.37. The van der Waals surface area contributed by atoms with Crippen molar-refractivity contribution in [3.63, 3.8) is 0 Å². The number of carbonyl (C=O) groups is 1. The molecule has 19 heavy (non-hydrogen) atoms. The van der Waals surface area contributed by atoms with Crippen molar-refractivity contribution in [3.8, 4) is 0 Å². The van der Waals surface area contributed by atoms with Gasteiger partial charge in [-0.15, -0.1) is 11.8 Å². The van der Waals surface area contributed by atoms with Gasteiger partial charge in [0.2, 0.25) is 0 Å². The van der Waals surface area contributed by atoms with E-state index in [9.17, 15) is 4.79 Å². The van der Waals surface area contributed by atoms with Crippen LogP contribution in [0.1, 0.15) is 21.5 Å². The van der Waals surface area contributed by atoms with Crippen LogP contribution in [0.25, 0.3) is 0 Å². The summed E-state index contributed by atoms with van der Waals surface area (Å²) in [4.78, 5) is 13.2. The predicted octanol–water partition coefficient (Wildman–Crippen LogP) is 3.65. The Bertz CT molecular complexity index is 580. The largest absolute Gasteiger partial charge is 0.348 e. The lowest BCUT2D eigenvalue weighted by Crippen LogP contribution is -2.23. The summed E-state index contributed by atoms with van der Waals surface area (Å²) in [6, 6.07) is 15.8. The summed E-state index contributed by atoms with van der Waals surface area (Å²) in [6.45, 7) is 2.61. The normalized spacial score (nSPS) is 10.2. The smallest absolute Gasteiger partial charge is 0.252 e. The second-order valence-corrected chi connectivity index (χ2v) is 5.22. The first-order valence-electron chi connectivity index (χ1n) is 6.17. The molecule has 0 aliphatic rings. The minimum absolute atomic E-state index is 0.0218. The highest BCUT2D eigenvalue weighted by Gasteiger charge is 2.09. The lowest BCUT2D eigenvalue weighted by atomic mass is 10.1. The number of thioether (sulfide) groups is 1. The number of aryl methyl sites for hydroxylation is 1. The Balaban J connectivity index is 2.05. The first kappa shape index (κ1) is 13.7. The molecule has 0 bridgehead atoms. The second kappa shape index (κ2) is 6.43. The fraction of sp³-hybridized carbons (Fsp3) is 0.188. The molecular formula is C16H17NOS. The molecule has 1 N–H and O–H groups in total. The van der Waals surface area contributed by atoms with Crippen LogP contribution < -0.4 is 5.32 Å². The predicted molar refractivity (Wildman–Crippen MR) is 80.6 cm³/mol. The third-order valence-electron chi connectivity index (χ3n) is 2.89. The lowest BCUT2D eigenvalue weighted by molar-refractivity contribution is 0.0948. The van der Waals surface area contributed by atoms with E-state index in [4.69, 9.17) is 0 Å². The van der Waals surface area contributed by atoms with Gasteiger partial charge in [-0.25, -0.2) is 0 Å². The van der Waals surface area contributed by atoms with Crippen LogP contribution in [0.4, 0.5) is 0 Å². The van der Waals surface area contributed by atoms with Crippen molar-refractivity contribution in [1.82, 2.24) is 5.32 Å². The van der Waals surface area contributed by atoms with E-state index in [1.54, 1.807) is 11.8 Å². The fourth-order valence-corrected chi connectivity index (χ4v) is 2.53. The number of hydrogen-bond donors (Lipinski definition) is 1. The number of hydrogen-bond acceptors (Lipinski definition) is 2. The van der Waals surface area contributed by atoms with E-state index in [2.05, 4.69) is 11.4 Å². The number of rotatable bonds is 4. The molecule has 0 radical (unpaired) electrons. The van der Waals surface area contributed by atoms with Gasteiger partial charge in [-0.05, 0) is 30.9 Å². The van der Waals surface area contributed by atoms with E-state index in [0.717, 1.165) is 16.0 Å². The average Bonchev–Trinajstić information content (AvgIpc) is 2.45. The molecule has 0 aliphatic carbocycles. The molecule has 2 rings (SSSR count). The number of nitrogens with one attached hydrogen (secondary N) is 1. The molecular weight excluding hydrogens is 254 g/mol. The first-order chi connectivity index (χ1) is 9.20. The summed E-state index contributed by atoms with van der Waals surface area (Å²) in [5.74, 6) is -0.0218. The van der Waals surface area contributed by atoms with Gasteiger partial charge >= 0.3 is 0 Å². The maximum Gasteiger partial charge on any atom is 0.252 e. The lowest BCUT2D eigenvalue weighted by Gasteiger charge is -2.09. The zero-order valence-electron chi connectivity index (χ0n) is 11.1. The summed E-state index contributed by atoms with van der Waals surface area (Å²) >= 11 is 1.59. The van der Waals surface area contributed by atoms with Crippen molar-refractivity contribution in [1.29, 1.82) is 0 Å². The average molecular weight is 271 g/mol. The molecule has 0 atom stereocenters. The zero-order chi connectivity index (χ0) is 13.7.